The van der Waals surface area contributed by atoms with Crippen LogP contribution in [0, 0.1) is 5.82 Å². The molecule has 168 valence electrons. The van der Waals surface area contributed by atoms with Crippen LogP contribution in [0.5, 0.6) is 28.7 Å². The molecule has 12 heteroatoms. The van der Waals surface area contributed by atoms with Crippen molar-refractivity contribution in [1.82, 2.24) is 20.4 Å². The average molecular weight is 446 g/mol. The van der Waals surface area contributed by atoms with E-state index in [1.54, 1.807) is 0 Å². The molecule has 1 aliphatic heterocycles. The number of hydrogen-bond donors (Lipinski definition) is 7. The van der Waals surface area contributed by atoms with E-state index in [1.807, 2.05) is 0 Å². The molecular formula is C20H19FN4O7. The molecule has 0 atom stereocenters. The second-order valence-corrected chi connectivity index (χ2v) is 7.31. The van der Waals surface area contributed by atoms with Crippen LogP contribution in [-0.2, 0) is 6.42 Å². The van der Waals surface area contributed by atoms with Gasteiger partial charge in [-0.1, -0.05) is 0 Å². The molecular weight excluding hydrogens is 427 g/mol. The molecule has 2 aromatic carbocycles. The molecule has 1 saturated heterocycles. The number of nitrogens with zero attached hydrogens (tertiary/aromatic N) is 2. The number of carbonyl (C=O) groups excluding carboxylic acids is 1. The van der Waals surface area contributed by atoms with Crippen molar-refractivity contribution in [2.24, 2.45) is 0 Å². The molecule has 0 saturated carbocycles. The zero-order chi connectivity index (χ0) is 23.2. The first-order chi connectivity index (χ1) is 15.2. The lowest BCUT2D eigenvalue weighted by molar-refractivity contribution is 0.0727. The van der Waals surface area contributed by atoms with Crippen LogP contribution in [0.2, 0.25) is 0 Å². The van der Waals surface area contributed by atoms with Gasteiger partial charge in [-0.15, -0.1) is 0 Å². The predicted octanol–water partition coefficient (Wildman–Crippen LogP) is 0.226. The van der Waals surface area contributed by atoms with Gasteiger partial charge in [0.1, 0.15) is 22.9 Å². The summed E-state index contributed by atoms with van der Waals surface area (Å²) in [6, 6.07) is 1.67. The minimum Gasteiger partial charge on any atom is -0.507 e. The van der Waals surface area contributed by atoms with Crippen molar-refractivity contribution < 1.29 is 34.7 Å². The Morgan fingerprint density at radius 3 is 2.41 bits per heavy atom. The monoisotopic (exact) mass is 446 g/mol. The van der Waals surface area contributed by atoms with Crippen molar-refractivity contribution >= 4 is 16.7 Å². The first-order valence-corrected chi connectivity index (χ1v) is 9.59. The summed E-state index contributed by atoms with van der Waals surface area (Å²) in [6.07, 6.45) is -0.406. The highest BCUT2D eigenvalue weighted by molar-refractivity contribution is 5.98. The summed E-state index contributed by atoms with van der Waals surface area (Å²) in [5.74, 6) is -5.83. The highest BCUT2D eigenvalue weighted by Gasteiger charge is 2.28. The number of aromatic hydroxyl groups is 5. The molecule has 1 fully saturated rings. The van der Waals surface area contributed by atoms with Crippen LogP contribution in [-0.4, -0.2) is 72.7 Å². The Morgan fingerprint density at radius 2 is 1.72 bits per heavy atom. The molecule has 11 nitrogen and oxygen atoms in total. The maximum atomic E-state index is 14.6. The number of aromatic amines is 1. The molecule has 0 spiro atoms. The zero-order valence-electron chi connectivity index (χ0n) is 16.5. The van der Waals surface area contributed by atoms with Crippen LogP contribution < -0.4 is 10.9 Å². The fourth-order valence-corrected chi connectivity index (χ4v) is 3.71. The normalized spacial score (nSPS) is 14.1. The van der Waals surface area contributed by atoms with Crippen LogP contribution in [0.3, 0.4) is 0 Å². The number of rotatable bonds is 3. The first-order valence-electron chi connectivity index (χ1n) is 9.59. The molecule has 1 aliphatic rings. The minimum atomic E-state index is -1.10. The van der Waals surface area contributed by atoms with Gasteiger partial charge in [0, 0.05) is 49.6 Å². The van der Waals surface area contributed by atoms with Crippen molar-refractivity contribution in [2.45, 2.75) is 6.42 Å². The lowest BCUT2D eigenvalue weighted by Gasteiger charge is -2.28. The Kier molecular flexibility index (Phi) is 5.22. The SMILES string of the molecule is O=C(c1c(F)cc(O)c(Cc2n[nH]c(=O)c3c(O)c(O)c(O)cc23)c1O)N1CCNCC1. The summed E-state index contributed by atoms with van der Waals surface area (Å²) in [5.41, 5.74) is -1.77. The average Bonchev–Trinajstić information content (AvgIpc) is 2.76. The van der Waals surface area contributed by atoms with Crippen molar-refractivity contribution in [1.29, 1.82) is 0 Å². The van der Waals surface area contributed by atoms with E-state index in [1.165, 1.54) is 4.90 Å². The second-order valence-electron chi connectivity index (χ2n) is 7.31. The maximum absolute atomic E-state index is 14.6. The van der Waals surface area contributed by atoms with E-state index in [4.69, 9.17) is 0 Å². The van der Waals surface area contributed by atoms with Crippen molar-refractivity contribution in [3.8, 4) is 28.7 Å². The number of phenols is 5. The van der Waals surface area contributed by atoms with E-state index in [9.17, 15) is 39.5 Å². The summed E-state index contributed by atoms with van der Waals surface area (Å²) < 4.78 is 14.6. The van der Waals surface area contributed by atoms with Gasteiger partial charge in [-0.3, -0.25) is 9.59 Å². The molecule has 1 amide bonds. The van der Waals surface area contributed by atoms with Gasteiger partial charge in [0.2, 0.25) is 5.75 Å². The molecule has 0 bridgehead atoms. The quantitative estimate of drug-likeness (QED) is 0.277. The van der Waals surface area contributed by atoms with Crippen LogP contribution in [0.25, 0.3) is 10.8 Å². The highest BCUT2D eigenvalue weighted by atomic mass is 19.1. The van der Waals surface area contributed by atoms with Gasteiger partial charge >= 0.3 is 0 Å². The van der Waals surface area contributed by atoms with Gasteiger partial charge in [0.05, 0.1) is 11.1 Å². The largest absolute Gasteiger partial charge is 0.507 e. The van der Waals surface area contributed by atoms with Crippen LogP contribution in [0.15, 0.2) is 16.9 Å². The van der Waals surface area contributed by atoms with Gasteiger partial charge in [0.15, 0.2) is 11.5 Å². The number of hydrogen-bond acceptors (Lipinski definition) is 9. The number of benzene rings is 2. The number of aromatic nitrogens is 2. The van der Waals surface area contributed by atoms with E-state index in [0.717, 1.165) is 6.07 Å². The molecule has 1 aromatic heterocycles. The second kappa shape index (κ2) is 7.89. The third-order valence-corrected chi connectivity index (χ3v) is 5.38. The number of piperazine rings is 1. The standard InChI is InChI=1S/C20H19FN4O7/c21-10-7-12(26)9(16(28)15(10)20(32)25-3-1-22-2-4-25)5-11-8-6-13(27)17(29)18(30)14(8)19(31)24-23-11/h6-7,22,26-30H,1-5H2,(H,24,31). The topological polar surface area (TPSA) is 179 Å². The number of phenolic OH excluding ortho intramolecular Hbond substituents is 5. The summed E-state index contributed by atoms with van der Waals surface area (Å²) in [5, 5.41) is 59.1. The Bertz CT molecular complexity index is 1300. The number of carbonyl (C=O) groups is 1. The summed E-state index contributed by atoms with van der Waals surface area (Å²) in [4.78, 5) is 26.3. The van der Waals surface area contributed by atoms with Crippen molar-refractivity contribution in [3.63, 3.8) is 0 Å². The van der Waals surface area contributed by atoms with Crippen LogP contribution in [0.1, 0.15) is 21.6 Å². The van der Waals surface area contributed by atoms with Crippen molar-refractivity contribution in [2.75, 3.05) is 26.2 Å². The van der Waals surface area contributed by atoms with Crippen LogP contribution >= 0.6 is 0 Å². The van der Waals surface area contributed by atoms with Crippen molar-refractivity contribution in [3.05, 3.63) is 45.1 Å². The van der Waals surface area contributed by atoms with Gasteiger partial charge < -0.3 is 35.7 Å². The Hall–Kier alpha value is -4.06. The van der Waals surface area contributed by atoms with E-state index in [0.29, 0.717) is 32.2 Å². The summed E-state index contributed by atoms with van der Waals surface area (Å²) in [6.45, 7) is 1.63. The Morgan fingerprint density at radius 1 is 1.03 bits per heavy atom. The number of halogens is 1. The van der Waals surface area contributed by atoms with E-state index < -0.39 is 58.0 Å². The Labute approximate surface area is 179 Å². The highest BCUT2D eigenvalue weighted by Crippen LogP contribution is 2.41. The molecule has 32 heavy (non-hydrogen) atoms. The first kappa shape index (κ1) is 21.2. The molecule has 3 aromatic rings. The predicted molar refractivity (Wildman–Crippen MR) is 109 cm³/mol. The Balaban J connectivity index is 1.84. The lowest BCUT2D eigenvalue weighted by atomic mass is 9.98. The number of fused-ring (bicyclic) bond motifs is 1. The fourth-order valence-electron chi connectivity index (χ4n) is 3.71. The van der Waals surface area contributed by atoms with Gasteiger partial charge in [-0.05, 0) is 6.07 Å². The molecule has 4 rings (SSSR count). The summed E-state index contributed by atoms with van der Waals surface area (Å²) >= 11 is 0. The smallest absolute Gasteiger partial charge is 0.275 e. The van der Waals surface area contributed by atoms with Gasteiger partial charge in [-0.25, -0.2) is 9.49 Å². The minimum absolute atomic E-state index is 0.0389. The van der Waals surface area contributed by atoms with E-state index >= 15 is 0 Å². The molecule has 0 unspecified atom stereocenters. The summed E-state index contributed by atoms with van der Waals surface area (Å²) in [7, 11) is 0. The fraction of sp³-hybridized carbons (Fsp3) is 0.250. The lowest BCUT2D eigenvalue weighted by Crippen LogP contribution is -2.46. The third kappa shape index (κ3) is 3.39. The van der Waals surface area contributed by atoms with E-state index in [-0.39, 0.29) is 22.0 Å². The number of H-pyrrole nitrogens is 1. The third-order valence-electron chi connectivity index (χ3n) is 5.38. The maximum Gasteiger partial charge on any atom is 0.275 e. The molecule has 0 aliphatic carbocycles. The molecule has 7 N–H and O–H groups in total. The number of amides is 1. The van der Waals surface area contributed by atoms with Crippen LogP contribution in [0.4, 0.5) is 4.39 Å². The zero-order valence-corrected chi connectivity index (χ0v) is 16.5. The van der Waals surface area contributed by atoms with Gasteiger partial charge in [0.25, 0.3) is 11.5 Å². The van der Waals surface area contributed by atoms with E-state index in [2.05, 4.69) is 15.5 Å². The molecule has 0 radical (unpaired) electrons. The number of nitrogens with one attached hydrogen (secondary N) is 2. The van der Waals surface area contributed by atoms with Gasteiger partial charge in [-0.2, -0.15) is 5.10 Å². The molecule has 2 heterocycles.